The maximum atomic E-state index is 12.3. The van der Waals surface area contributed by atoms with Crippen LogP contribution in [0, 0.1) is 6.92 Å². The van der Waals surface area contributed by atoms with Gasteiger partial charge in [-0.25, -0.2) is 14.6 Å². The quantitative estimate of drug-likeness (QED) is 0.336. The Morgan fingerprint density at radius 2 is 1.91 bits per heavy atom. The highest BCUT2D eigenvalue weighted by atomic mass is 32.1. The maximum Gasteiger partial charge on any atom is 0.249 e. The predicted molar refractivity (Wildman–Crippen MR) is 135 cm³/mol. The van der Waals surface area contributed by atoms with Crippen LogP contribution in [0.5, 0.6) is 5.75 Å². The summed E-state index contributed by atoms with van der Waals surface area (Å²) >= 11 is 1.59. The molecule has 0 aliphatic heterocycles. The van der Waals surface area contributed by atoms with E-state index in [0.717, 1.165) is 16.3 Å². The Balaban J connectivity index is 1.28. The molecular formula is C25H24N6O3S. The first-order chi connectivity index (χ1) is 17.0. The van der Waals surface area contributed by atoms with Crippen molar-refractivity contribution in [3.05, 3.63) is 88.9 Å². The fourth-order valence-corrected chi connectivity index (χ4v) is 3.71. The van der Waals surface area contributed by atoms with Crippen LogP contribution < -0.4 is 15.4 Å². The number of amides is 2. The van der Waals surface area contributed by atoms with Gasteiger partial charge in [-0.15, -0.1) is 11.3 Å². The van der Waals surface area contributed by atoms with Crippen molar-refractivity contribution in [2.24, 2.45) is 0 Å². The Morgan fingerprint density at radius 1 is 1.14 bits per heavy atom. The van der Waals surface area contributed by atoms with E-state index < -0.39 is 6.04 Å². The maximum absolute atomic E-state index is 12.3. The van der Waals surface area contributed by atoms with Gasteiger partial charge in [-0.3, -0.25) is 9.59 Å². The van der Waals surface area contributed by atoms with E-state index in [-0.39, 0.29) is 11.8 Å². The number of rotatable bonds is 9. The minimum atomic E-state index is -0.498. The predicted octanol–water partition coefficient (Wildman–Crippen LogP) is 4.47. The topological polar surface area (TPSA) is 111 Å². The molecule has 0 spiro atoms. The first kappa shape index (κ1) is 23.8. The monoisotopic (exact) mass is 488 g/mol. The number of anilines is 2. The molecule has 35 heavy (non-hydrogen) atoms. The Kier molecular flexibility index (Phi) is 7.63. The average Bonchev–Trinajstić information content (AvgIpc) is 3.54. The third kappa shape index (κ3) is 6.84. The average molecular weight is 489 g/mol. The number of ether oxygens (including phenoxy) is 1. The first-order valence-electron chi connectivity index (χ1n) is 10.8. The largest absolute Gasteiger partial charge is 0.487 e. The lowest BCUT2D eigenvalue weighted by Gasteiger charge is -2.12. The molecule has 2 amide bonds. The van der Waals surface area contributed by atoms with Crippen molar-refractivity contribution < 1.29 is 14.3 Å². The van der Waals surface area contributed by atoms with Crippen molar-refractivity contribution in [1.29, 1.82) is 0 Å². The van der Waals surface area contributed by atoms with Crippen LogP contribution in [-0.4, -0.2) is 31.6 Å². The minimum absolute atomic E-state index is 0.219. The van der Waals surface area contributed by atoms with Crippen LogP contribution in [0.3, 0.4) is 0 Å². The standard InChI is InChI=1S/C25H24N6O3S/c1-17(31-16-26-15-27-31)25(33)30-21-9-7-20(8-10-21)29-24(32)11-6-19-4-3-5-23(12-19)34-13-22-14-35-18(2)28-22/h3-12,14-17H,13H2,1-2H3,(H,29,32)(H,30,33)/b11-6+. The highest BCUT2D eigenvalue weighted by Gasteiger charge is 2.15. The zero-order chi connectivity index (χ0) is 24.6. The molecular weight excluding hydrogens is 464 g/mol. The van der Waals surface area contributed by atoms with Crippen LogP contribution >= 0.6 is 11.3 Å². The fourth-order valence-electron chi connectivity index (χ4n) is 3.12. The van der Waals surface area contributed by atoms with Gasteiger partial charge in [-0.1, -0.05) is 12.1 Å². The SMILES string of the molecule is Cc1nc(COc2cccc(/C=C/C(=O)Nc3ccc(NC(=O)C(C)n4cncn4)cc3)c2)cs1. The lowest BCUT2D eigenvalue weighted by molar-refractivity contribution is -0.119. The molecule has 1 atom stereocenters. The molecule has 0 saturated carbocycles. The van der Waals surface area contributed by atoms with Gasteiger partial charge in [0.05, 0.1) is 10.7 Å². The van der Waals surface area contributed by atoms with E-state index in [1.807, 2.05) is 36.6 Å². The van der Waals surface area contributed by atoms with E-state index in [9.17, 15) is 9.59 Å². The first-order valence-corrected chi connectivity index (χ1v) is 11.7. The van der Waals surface area contributed by atoms with E-state index in [2.05, 4.69) is 25.7 Å². The van der Waals surface area contributed by atoms with Gasteiger partial charge in [-0.2, -0.15) is 5.10 Å². The highest BCUT2D eigenvalue weighted by molar-refractivity contribution is 7.09. The molecule has 10 heteroatoms. The molecule has 4 aromatic rings. The van der Waals surface area contributed by atoms with Crippen LogP contribution in [0.15, 0.2) is 72.6 Å². The molecule has 0 saturated heterocycles. The summed E-state index contributed by atoms with van der Waals surface area (Å²) in [6.45, 7) is 4.09. The summed E-state index contributed by atoms with van der Waals surface area (Å²) in [5, 5.41) is 12.6. The van der Waals surface area contributed by atoms with Gasteiger partial charge in [0.15, 0.2) is 0 Å². The number of aryl methyl sites for hydroxylation is 1. The molecule has 2 aromatic carbocycles. The molecule has 4 rings (SSSR count). The van der Waals surface area contributed by atoms with Crippen molar-refractivity contribution in [2.45, 2.75) is 26.5 Å². The molecule has 1 unspecified atom stereocenters. The van der Waals surface area contributed by atoms with E-state index >= 15 is 0 Å². The number of hydrogen-bond acceptors (Lipinski definition) is 7. The van der Waals surface area contributed by atoms with Crippen molar-refractivity contribution in [2.75, 3.05) is 10.6 Å². The second-order valence-electron chi connectivity index (χ2n) is 7.66. The van der Waals surface area contributed by atoms with E-state index in [4.69, 9.17) is 4.74 Å². The molecule has 2 aromatic heterocycles. The van der Waals surface area contributed by atoms with E-state index in [1.165, 1.54) is 23.4 Å². The number of aromatic nitrogens is 4. The molecule has 0 radical (unpaired) electrons. The summed E-state index contributed by atoms with van der Waals surface area (Å²) in [7, 11) is 0. The number of nitrogens with one attached hydrogen (secondary N) is 2. The van der Waals surface area contributed by atoms with Crippen LogP contribution in [0.2, 0.25) is 0 Å². The van der Waals surface area contributed by atoms with Crippen LogP contribution in [0.1, 0.15) is 29.2 Å². The van der Waals surface area contributed by atoms with E-state index in [1.54, 1.807) is 48.6 Å². The van der Waals surface area contributed by atoms with Crippen LogP contribution in [0.4, 0.5) is 11.4 Å². The van der Waals surface area contributed by atoms with Gasteiger partial charge >= 0.3 is 0 Å². The number of hydrogen-bond donors (Lipinski definition) is 2. The number of thiazole rings is 1. The summed E-state index contributed by atoms with van der Waals surface area (Å²) in [5.74, 6) is 0.211. The van der Waals surface area contributed by atoms with Crippen molar-refractivity contribution in [1.82, 2.24) is 19.7 Å². The van der Waals surface area contributed by atoms with Gasteiger partial charge in [0.1, 0.15) is 31.1 Å². The highest BCUT2D eigenvalue weighted by Crippen LogP contribution is 2.18. The Labute approximate surface area is 206 Å². The lowest BCUT2D eigenvalue weighted by Crippen LogP contribution is -2.24. The third-order valence-corrected chi connectivity index (χ3v) is 5.79. The number of benzene rings is 2. The van der Waals surface area contributed by atoms with Crippen molar-refractivity contribution >= 4 is 40.6 Å². The van der Waals surface area contributed by atoms with Crippen LogP contribution in [-0.2, 0) is 16.2 Å². The molecule has 0 aliphatic carbocycles. The van der Waals surface area contributed by atoms with E-state index in [0.29, 0.717) is 23.7 Å². The van der Waals surface area contributed by atoms with Gasteiger partial charge in [-0.05, 0) is 61.9 Å². The normalized spacial score (nSPS) is 11.8. The third-order valence-electron chi connectivity index (χ3n) is 4.97. The Hall–Kier alpha value is -4.31. The molecule has 2 N–H and O–H groups in total. The number of carbonyl (C=O) groups excluding carboxylic acids is 2. The fraction of sp³-hybridized carbons (Fsp3) is 0.160. The zero-order valence-corrected chi connectivity index (χ0v) is 20.0. The molecule has 0 aliphatic rings. The van der Waals surface area contributed by atoms with Crippen LogP contribution in [0.25, 0.3) is 6.08 Å². The zero-order valence-electron chi connectivity index (χ0n) is 19.2. The second kappa shape index (κ2) is 11.2. The number of carbonyl (C=O) groups is 2. The molecule has 178 valence electrons. The Morgan fingerprint density at radius 3 is 2.60 bits per heavy atom. The second-order valence-corrected chi connectivity index (χ2v) is 8.72. The summed E-state index contributed by atoms with van der Waals surface area (Å²) in [5.41, 5.74) is 2.95. The summed E-state index contributed by atoms with van der Waals surface area (Å²) in [6.07, 6.45) is 6.04. The van der Waals surface area contributed by atoms with Gasteiger partial charge in [0.25, 0.3) is 0 Å². The van der Waals surface area contributed by atoms with Gasteiger partial charge in [0.2, 0.25) is 11.8 Å². The molecule has 9 nitrogen and oxygen atoms in total. The molecule has 0 bridgehead atoms. The molecule has 0 fully saturated rings. The summed E-state index contributed by atoms with van der Waals surface area (Å²) in [4.78, 5) is 32.9. The van der Waals surface area contributed by atoms with Crippen molar-refractivity contribution in [3.63, 3.8) is 0 Å². The number of nitrogens with zero attached hydrogens (tertiary/aromatic N) is 4. The minimum Gasteiger partial charge on any atom is -0.487 e. The lowest BCUT2D eigenvalue weighted by atomic mass is 10.2. The molecule has 2 heterocycles. The summed E-state index contributed by atoms with van der Waals surface area (Å²) < 4.78 is 7.27. The van der Waals surface area contributed by atoms with Gasteiger partial charge < -0.3 is 15.4 Å². The smallest absolute Gasteiger partial charge is 0.249 e. The van der Waals surface area contributed by atoms with Gasteiger partial charge in [0, 0.05) is 22.8 Å². The van der Waals surface area contributed by atoms with Crippen molar-refractivity contribution in [3.8, 4) is 5.75 Å². The summed E-state index contributed by atoms with van der Waals surface area (Å²) in [6, 6.07) is 13.9. The Bertz CT molecular complexity index is 1320.